The molecular weight excluding hydrogens is 364 g/mol. The number of tetrazole rings is 1. The van der Waals surface area contributed by atoms with Gasteiger partial charge in [0.05, 0.1) is 6.10 Å². The van der Waals surface area contributed by atoms with Crippen LogP contribution in [0.25, 0.3) is 0 Å². The van der Waals surface area contributed by atoms with Crippen LogP contribution in [0.5, 0.6) is 0 Å². The first kappa shape index (κ1) is 19.7. The van der Waals surface area contributed by atoms with Gasteiger partial charge in [0, 0.05) is 5.92 Å². The summed E-state index contributed by atoms with van der Waals surface area (Å²) in [4.78, 5) is 13.3. The van der Waals surface area contributed by atoms with Crippen LogP contribution in [0.2, 0.25) is 0 Å². The summed E-state index contributed by atoms with van der Waals surface area (Å²) in [6.07, 6.45) is 13.1. The lowest BCUT2D eigenvalue weighted by Crippen LogP contribution is -2.57. The SMILES string of the molecule is C[C@]12CC[C@@H](O)C[C@@H]1CC[C@@H]1[C@@H]2CC[C@]2(C)[C@@H](C(=O)Cn3cnnn3)CCC[C@@H]12. The lowest BCUT2D eigenvalue weighted by Gasteiger charge is -2.63. The Labute approximate surface area is 173 Å². The second-order valence-corrected chi connectivity index (χ2v) is 11.1. The first-order valence-corrected chi connectivity index (χ1v) is 11.8. The van der Waals surface area contributed by atoms with Gasteiger partial charge in [0.15, 0.2) is 5.78 Å². The Kier molecular flexibility index (Phi) is 4.84. The second kappa shape index (κ2) is 7.14. The summed E-state index contributed by atoms with van der Waals surface area (Å²) in [5.74, 6) is 3.36. The number of carbonyl (C=O) groups is 1. The van der Waals surface area contributed by atoms with E-state index in [-0.39, 0.29) is 17.4 Å². The number of fused-ring (bicyclic) bond motifs is 5. The molecule has 0 spiro atoms. The van der Waals surface area contributed by atoms with Gasteiger partial charge in [0.1, 0.15) is 12.9 Å². The number of aliphatic hydroxyl groups excluding tert-OH is 1. The monoisotopic (exact) mass is 400 g/mol. The molecule has 4 aliphatic rings. The summed E-state index contributed by atoms with van der Waals surface area (Å²) >= 11 is 0. The first-order chi connectivity index (χ1) is 13.9. The maximum Gasteiger partial charge on any atom is 0.158 e. The van der Waals surface area contributed by atoms with Crippen molar-refractivity contribution in [2.24, 2.45) is 40.4 Å². The molecule has 0 aromatic carbocycles. The summed E-state index contributed by atoms with van der Waals surface area (Å²) in [7, 11) is 0. The average molecular weight is 401 g/mol. The van der Waals surface area contributed by atoms with Crippen molar-refractivity contribution in [3.63, 3.8) is 0 Å². The highest BCUT2D eigenvalue weighted by Gasteiger charge is 2.59. The topological polar surface area (TPSA) is 80.9 Å². The zero-order chi connectivity index (χ0) is 20.2. The number of aromatic nitrogens is 4. The predicted octanol–water partition coefficient (Wildman–Crippen LogP) is 3.65. The van der Waals surface area contributed by atoms with Crippen molar-refractivity contribution in [2.45, 2.75) is 90.7 Å². The van der Waals surface area contributed by atoms with E-state index in [9.17, 15) is 9.90 Å². The molecule has 1 aromatic rings. The van der Waals surface area contributed by atoms with Gasteiger partial charge in [-0.1, -0.05) is 20.3 Å². The molecule has 29 heavy (non-hydrogen) atoms. The van der Waals surface area contributed by atoms with E-state index >= 15 is 0 Å². The third-order valence-corrected chi connectivity index (χ3v) is 9.98. The Bertz CT molecular complexity index is 752. The number of rotatable bonds is 3. The largest absolute Gasteiger partial charge is 0.393 e. The molecule has 5 rings (SSSR count). The number of hydrogen-bond donors (Lipinski definition) is 1. The van der Waals surface area contributed by atoms with E-state index < -0.39 is 0 Å². The summed E-state index contributed by atoms with van der Waals surface area (Å²) in [5.41, 5.74) is 0.523. The third kappa shape index (κ3) is 3.08. The van der Waals surface area contributed by atoms with Crippen LogP contribution in [-0.2, 0) is 11.3 Å². The molecular formula is C23H36N4O2. The van der Waals surface area contributed by atoms with Crippen molar-refractivity contribution in [1.82, 2.24) is 20.2 Å². The molecule has 0 amide bonds. The molecule has 1 N–H and O–H groups in total. The average Bonchev–Trinajstić information content (AvgIpc) is 3.20. The van der Waals surface area contributed by atoms with Crippen molar-refractivity contribution in [1.29, 1.82) is 0 Å². The van der Waals surface area contributed by atoms with E-state index in [2.05, 4.69) is 29.4 Å². The van der Waals surface area contributed by atoms with Gasteiger partial charge in [-0.2, -0.15) is 0 Å². The quantitative estimate of drug-likeness (QED) is 0.837. The van der Waals surface area contributed by atoms with E-state index in [0.29, 0.717) is 29.6 Å². The lowest BCUT2D eigenvalue weighted by molar-refractivity contribution is -0.160. The molecule has 4 aliphatic carbocycles. The van der Waals surface area contributed by atoms with E-state index in [1.807, 2.05) is 0 Å². The van der Waals surface area contributed by atoms with Crippen LogP contribution in [0.3, 0.4) is 0 Å². The minimum absolute atomic E-state index is 0.0820. The summed E-state index contributed by atoms with van der Waals surface area (Å²) < 4.78 is 1.58. The van der Waals surface area contributed by atoms with Gasteiger partial charge in [-0.05, 0) is 103 Å². The smallest absolute Gasteiger partial charge is 0.158 e. The zero-order valence-electron chi connectivity index (χ0n) is 18.0. The molecule has 160 valence electrons. The van der Waals surface area contributed by atoms with Crippen LogP contribution in [-0.4, -0.2) is 37.2 Å². The maximum absolute atomic E-state index is 13.3. The number of nitrogens with zero attached hydrogens (tertiary/aromatic N) is 4. The normalized spacial score (nSPS) is 47.0. The molecule has 0 bridgehead atoms. The number of carbonyl (C=O) groups excluding carboxylic acids is 1. The molecule has 6 heteroatoms. The predicted molar refractivity (Wildman–Crippen MR) is 109 cm³/mol. The molecule has 8 atom stereocenters. The van der Waals surface area contributed by atoms with Gasteiger partial charge >= 0.3 is 0 Å². The van der Waals surface area contributed by atoms with Gasteiger partial charge in [-0.15, -0.1) is 5.10 Å². The highest BCUT2D eigenvalue weighted by Crippen LogP contribution is 2.66. The molecule has 1 heterocycles. The Hall–Kier alpha value is -1.30. The maximum atomic E-state index is 13.3. The number of Topliss-reactive ketones (excluding diaryl/α,β-unsaturated/α-hetero) is 1. The standard InChI is InChI=1S/C23H36N4O2/c1-22-10-8-16(28)12-15(22)6-7-17-18-4-3-5-20(23(18,2)11-9-19(17)22)21(29)13-27-14-24-25-26-27/h14-20,28H,3-13H2,1-2H3/t15-,16+,17-,18-,19-,20+,22-,23-/m0/s1. The fourth-order valence-corrected chi connectivity index (χ4v) is 8.48. The number of hydrogen-bond acceptors (Lipinski definition) is 5. The minimum Gasteiger partial charge on any atom is -0.393 e. The van der Waals surface area contributed by atoms with Gasteiger partial charge in [0.25, 0.3) is 0 Å². The Morgan fingerprint density at radius 1 is 1.07 bits per heavy atom. The summed E-state index contributed by atoms with van der Waals surface area (Å²) in [6.45, 7) is 5.27. The van der Waals surface area contributed by atoms with Crippen LogP contribution < -0.4 is 0 Å². The number of ketones is 1. The molecule has 4 fully saturated rings. The van der Waals surface area contributed by atoms with Gasteiger partial charge in [0.2, 0.25) is 0 Å². The van der Waals surface area contributed by atoms with Gasteiger partial charge in [-0.25, -0.2) is 4.68 Å². The van der Waals surface area contributed by atoms with E-state index in [0.717, 1.165) is 31.1 Å². The molecule has 4 saturated carbocycles. The number of aliphatic hydroxyl groups is 1. The fourth-order valence-electron chi connectivity index (χ4n) is 8.48. The van der Waals surface area contributed by atoms with E-state index in [4.69, 9.17) is 0 Å². The Balaban J connectivity index is 1.38. The summed E-state index contributed by atoms with van der Waals surface area (Å²) in [5, 5.41) is 21.5. The fraction of sp³-hybridized carbons (Fsp3) is 0.913. The van der Waals surface area contributed by atoms with Gasteiger partial charge in [-0.3, -0.25) is 4.79 Å². The van der Waals surface area contributed by atoms with Crippen molar-refractivity contribution in [2.75, 3.05) is 0 Å². The van der Waals surface area contributed by atoms with Crippen molar-refractivity contribution in [3.8, 4) is 0 Å². The summed E-state index contributed by atoms with van der Waals surface area (Å²) in [6, 6.07) is 0. The van der Waals surface area contributed by atoms with Crippen molar-refractivity contribution in [3.05, 3.63) is 6.33 Å². The van der Waals surface area contributed by atoms with Crippen LogP contribution >= 0.6 is 0 Å². The third-order valence-electron chi connectivity index (χ3n) is 9.98. The van der Waals surface area contributed by atoms with Crippen molar-refractivity contribution >= 4 is 5.78 Å². The highest BCUT2D eigenvalue weighted by atomic mass is 16.3. The van der Waals surface area contributed by atoms with Crippen LogP contribution in [0.15, 0.2) is 6.33 Å². The van der Waals surface area contributed by atoms with E-state index in [1.165, 1.54) is 44.9 Å². The molecule has 0 radical (unpaired) electrons. The molecule has 0 unspecified atom stereocenters. The first-order valence-electron chi connectivity index (χ1n) is 11.8. The van der Waals surface area contributed by atoms with Crippen LogP contribution in [0.1, 0.15) is 78.1 Å². The zero-order valence-corrected chi connectivity index (χ0v) is 18.0. The minimum atomic E-state index is -0.0820. The van der Waals surface area contributed by atoms with Crippen LogP contribution in [0.4, 0.5) is 0 Å². The second-order valence-electron chi connectivity index (χ2n) is 11.1. The molecule has 0 aliphatic heterocycles. The Morgan fingerprint density at radius 3 is 2.66 bits per heavy atom. The highest BCUT2D eigenvalue weighted by molar-refractivity contribution is 5.81. The Morgan fingerprint density at radius 2 is 1.86 bits per heavy atom. The molecule has 6 nitrogen and oxygen atoms in total. The van der Waals surface area contributed by atoms with Crippen molar-refractivity contribution < 1.29 is 9.90 Å². The molecule has 0 saturated heterocycles. The lowest BCUT2D eigenvalue weighted by atomic mass is 9.41. The van der Waals surface area contributed by atoms with Crippen LogP contribution in [0, 0.1) is 40.4 Å². The van der Waals surface area contributed by atoms with E-state index in [1.54, 1.807) is 11.0 Å². The molecule has 1 aromatic heterocycles. The van der Waals surface area contributed by atoms with Gasteiger partial charge < -0.3 is 5.11 Å².